The third kappa shape index (κ3) is 22.5. The fourth-order valence-electron chi connectivity index (χ4n) is 14.7. The molecule has 0 fully saturated rings. The Morgan fingerprint density at radius 1 is 0.458 bits per heavy atom. The first-order valence-electron chi connectivity index (χ1n) is 40.3. The molecular weight excluding hydrogens is 1510 g/mol. The van der Waals surface area contributed by atoms with Crippen molar-refractivity contribution >= 4 is 98.8 Å². The molecular formula is C93H104N18O9. The highest BCUT2D eigenvalue weighted by Crippen LogP contribution is 2.39. The van der Waals surface area contributed by atoms with E-state index in [9.17, 15) is 28.8 Å². The minimum atomic E-state index is -1.02. The SMILES string of the molecule is CCOC(=O)c1cnc(NC2CCN(C)c3ccccc32)nc1.CN1CCC(=O)c2ccccc21.CN1CCC(N)c2ccccc21.CN1CCC(Nc2ncc(C(=O)Nc3cc(-c4ccccc4)ccc3NC(=O)OC(C)(C)C)cn2)c2ccccc21.CN1CCC(Nc2ncc(C(=O)O)cn2)c2ccccc21.O=C1CCNc2ccccc21. The van der Waals surface area contributed by atoms with Crippen LogP contribution in [0, 0.1) is 0 Å². The lowest BCUT2D eigenvalue weighted by atomic mass is 9.97. The lowest BCUT2D eigenvalue weighted by Gasteiger charge is -2.33. The highest BCUT2D eigenvalue weighted by Gasteiger charge is 2.29. The van der Waals surface area contributed by atoms with E-state index in [1.165, 1.54) is 82.2 Å². The van der Waals surface area contributed by atoms with Crippen molar-refractivity contribution in [1.82, 2.24) is 29.9 Å². The van der Waals surface area contributed by atoms with Crippen LogP contribution in [-0.4, -0.2) is 157 Å². The zero-order chi connectivity index (χ0) is 84.8. The fraction of sp³-hybridized carbons (Fsp3) is 0.290. The standard InChI is InChI=1S/C32H34N6O3.C17H20N4O2.C15H16N4O2.C10H14N2.C10H11NO.C9H9NO/c1-32(2,3)41-31(40)37-26-15-14-22(21-10-6-5-7-11-21)18-27(26)35-29(39)23-19-33-30(34-20-23)36-25-16-17-38(4)28-13-9-8-12-24(25)28;1-3-23-16(22)12-10-18-17(19-11-12)20-14-8-9-21(2)15-7-5-4-6-13(14)15;1-19-7-6-12(11-4-2-3-5-13(11)19)18-15-16-8-10(9-17-15)14(20)21;1-12-7-6-9(11)8-4-2-3-5-10(8)12;1-11-7-6-10(12)8-4-2-3-5-9(8)11;11-9-5-6-10-8-4-2-1-3-7(8)9/h5-15,18-20,25H,16-17H2,1-4H3,(H,35,39)(H,37,40)(H,33,34,36);4-7,10-11,14H,3,8-9H2,1-2H3,(H,18,19,20);2-5,8-9,12H,6-7H2,1H3,(H,20,21)(H,16,17,18);2-5,9H,6-7,11H2,1H3;2-5H,6-7H2,1H3;1-4,10H,5-6H2. The first-order chi connectivity index (χ1) is 57.9. The van der Waals surface area contributed by atoms with Crippen LogP contribution in [0.5, 0.6) is 0 Å². The van der Waals surface area contributed by atoms with Crippen LogP contribution in [0.3, 0.4) is 0 Å². The number of esters is 1. The number of rotatable bonds is 13. The van der Waals surface area contributed by atoms with Crippen molar-refractivity contribution in [2.24, 2.45) is 5.73 Å². The number of carboxylic acid groups (broad SMARTS) is 1. The molecule has 120 heavy (non-hydrogen) atoms. The molecule has 0 radical (unpaired) electrons. The van der Waals surface area contributed by atoms with E-state index in [4.69, 9.17) is 20.3 Å². The Balaban J connectivity index is 0.000000142. The number of ether oxygens (including phenoxy) is 2. The summed E-state index contributed by atoms with van der Waals surface area (Å²) in [5.41, 5.74) is 22.3. The highest BCUT2D eigenvalue weighted by molar-refractivity contribution is 6.07. The number of amides is 2. The van der Waals surface area contributed by atoms with Gasteiger partial charge in [0.05, 0.1) is 52.8 Å². The number of hydrogen-bond donors (Lipinski definition) is 8. The summed E-state index contributed by atoms with van der Waals surface area (Å²) in [5, 5.41) is 27.7. The number of fused-ring (bicyclic) bond motifs is 6. The molecule has 9 heterocycles. The topological polar surface area (TPSA) is 333 Å². The zero-order valence-electron chi connectivity index (χ0n) is 69.2. The largest absolute Gasteiger partial charge is 0.478 e. The second-order valence-electron chi connectivity index (χ2n) is 30.6. The van der Waals surface area contributed by atoms with Crippen LogP contribution in [0.25, 0.3) is 11.1 Å². The van der Waals surface area contributed by atoms with Gasteiger partial charge in [0.15, 0.2) is 11.6 Å². The van der Waals surface area contributed by atoms with Crippen LogP contribution in [-0.2, 0) is 9.47 Å². The van der Waals surface area contributed by atoms with Gasteiger partial charge in [-0.15, -0.1) is 0 Å². The van der Waals surface area contributed by atoms with Gasteiger partial charge in [-0.25, -0.2) is 44.3 Å². The number of nitrogens with zero attached hydrogens (tertiary/aromatic N) is 11. The number of Topliss-reactive ketones (excluding diaryl/α,β-unsaturated/α-hetero) is 2. The van der Waals surface area contributed by atoms with Gasteiger partial charge in [0.25, 0.3) is 5.91 Å². The lowest BCUT2D eigenvalue weighted by molar-refractivity contribution is 0.0523. The Morgan fingerprint density at radius 3 is 1.35 bits per heavy atom. The Bertz CT molecular complexity index is 5320. The molecule has 8 aromatic carbocycles. The summed E-state index contributed by atoms with van der Waals surface area (Å²) >= 11 is 0. The maximum atomic E-state index is 13.3. The second-order valence-corrected chi connectivity index (χ2v) is 30.6. The number of aromatic carboxylic acids is 1. The van der Waals surface area contributed by atoms with E-state index < -0.39 is 29.5 Å². The van der Waals surface area contributed by atoms with Crippen LogP contribution >= 0.6 is 0 Å². The van der Waals surface area contributed by atoms with Gasteiger partial charge in [-0.2, -0.15) is 0 Å². The van der Waals surface area contributed by atoms with Gasteiger partial charge in [-0.1, -0.05) is 133 Å². The smallest absolute Gasteiger partial charge is 0.412 e. The summed E-state index contributed by atoms with van der Waals surface area (Å²) in [6.07, 6.45) is 13.1. The van der Waals surface area contributed by atoms with Gasteiger partial charge >= 0.3 is 18.0 Å². The second kappa shape index (κ2) is 40.4. The number of ketones is 2. The number of para-hydroxylation sites is 6. The van der Waals surface area contributed by atoms with E-state index in [0.29, 0.717) is 54.2 Å². The summed E-state index contributed by atoms with van der Waals surface area (Å²) in [6, 6.07) is 64.4. The Kier molecular flexibility index (Phi) is 28.8. The molecule has 6 aliphatic heterocycles. The predicted octanol–water partition coefficient (Wildman–Crippen LogP) is 16.5. The maximum Gasteiger partial charge on any atom is 0.412 e. The summed E-state index contributed by atoms with van der Waals surface area (Å²) in [5.74, 6) is 0.104. The van der Waals surface area contributed by atoms with Gasteiger partial charge in [0.1, 0.15) is 5.60 Å². The number of anilines is 11. The van der Waals surface area contributed by atoms with E-state index in [1.807, 2.05) is 134 Å². The van der Waals surface area contributed by atoms with Crippen LogP contribution in [0.15, 0.2) is 231 Å². The first kappa shape index (κ1) is 85.5. The summed E-state index contributed by atoms with van der Waals surface area (Å²) < 4.78 is 10.3. The zero-order valence-corrected chi connectivity index (χ0v) is 69.2. The van der Waals surface area contributed by atoms with E-state index >= 15 is 0 Å². The molecule has 11 aromatic rings. The molecule has 0 saturated heterocycles. The van der Waals surface area contributed by atoms with Crippen LogP contribution in [0.4, 0.5) is 68.1 Å². The average molecular weight is 1620 g/mol. The van der Waals surface area contributed by atoms with Crippen LogP contribution < -0.4 is 62.1 Å². The average Bonchev–Trinajstić information content (AvgIpc) is 0.811. The number of nitrogens with two attached hydrogens (primary N) is 1. The first-order valence-corrected chi connectivity index (χ1v) is 40.3. The number of carbonyl (C=O) groups is 6. The minimum absolute atomic E-state index is 0.0734. The Morgan fingerprint density at radius 2 is 0.875 bits per heavy atom. The minimum Gasteiger partial charge on any atom is -0.478 e. The van der Waals surface area contributed by atoms with Crippen LogP contribution in [0.1, 0.15) is 164 Å². The van der Waals surface area contributed by atoms with Gasteiger partial charge in [-0.05, 0) is 147 Å². The van der Waals surface area contributed by atoms with Crippen molar-refractivity contribution in [3.8, 4) is 11.1 Å². The number of carbonyl (C=O) groups excluding carboxylic acids is 5. The predicted molar refractivity (Wildman–Crippen MR) is 475 cm³/mol. The molecule has 0 spiro atoms. The monoisotopic (exact) mass is 1620 g/mol. The quantitative estimate of drug-likeness (QED) is 0.0497. The number of aromatic nitrogens is 6. The number of benzene rings is 8. The van der Waals surface area contributed by atoms with Crippen LogP contribution in [0.2, 0.25) is 0 Å². The molecule has 17 rings (SSSR count). The highest BCUT2D eigenvalue weighted by atomic mass is 16.6. The lowest BCUT2D eigenvalue weighted by Crippen LogP contribution is -2.30. The van der Waals surface area contributed by atoms with E-state index in [0.717, 1.165) is 98.6 Å². The van der Waals surface area contributed by atoms with Gasteiger partial charge in [0.2, 0.25) is 17.8 Å². The molecule has 27 nitrogen and oxygen atoms in total. The molecule has 4 atom stereocenters. The fourth-order valence-corrected chi connectivity index (χ4v) is 14.7. The van der Waals surface area contributed by atoms with Gasteiger partial charge < -0.3 is 71.4 Å². The van der Waals surface area contributed by atoms with Crippen molar-refractivity contribution in [3.63, 3.8) is 0 Å². The van der Waals surface area contributed by atoms with Gasteiger partial charge in [0, 0.05) is 176 Å². The Labute approximate surface area is 700 Å². The summed E-state index contributed by atoms with van der Waals surface area (Å²) in [6.45, 7) is 13.0. The molecule has 2 amide bonds. The normalized spacial score (nSPS) is 16.4. The number of nitrogens with one attached hydrogen (secondary N) is 6. The molecule has 3 aromatic heterocycles. The number of hydrogen-bond acceptors (Lipinski definition) is 24. The molecule has 27 heteroatoms. The third-order valence-electron chi connectivity index (χ3n) is 21.0. The van der Waals surface area contributed by atoms with Crippen molar-refractivity contribution in [3.05, 3.63) is 281 Å². The van der Waals surface area contributed by atoms with Crippen molar-refractivity contribution < 1.29 is 43.3 Å². The molecule has 9 N–H and O–H groups in total. The van der Waals surface area contributed by atoms with E-state index in [-0.39, 0.29) is 46.9 Å². The maximum absolute atomic E-state index is 13.3. The summed E-state index contributed by atoms with van der Waals surface area (Å²) in [4.78, 5) is 107. The van der Waals surface area contributed by atoms with Gasteiger partial charge in [-0.3, -0.25) is 19.7 Å². The van der Waals surface area contributed by atoms with Crippen molar-refractivity contribution in [2.75, 3.05) is 138 Å². The molecule has 0 saturated carbocycles. The molecule has 6 aliphatic rings. The van der Waals surface area contributed by atoms with Crippen molar-refractivity contribution in [1.29, 1.82) is 0 Å². The number of carboxylic acids is 1. The van der Waals surface area contributed by atoms with E-state index in [1.54, 1.807) is 33.8 Å². The molecule has 0 bridgehead atoms. The third-order valence-corrected chi connectivity index (χ3v) is 21.0. The molecule has 4 unspecified atom stereocenters. The molecule has 620 valence electrons. The Hall–Kier alpha value is -13.8. The summed E-state index contributed by atoms with van der Waals surface area (Å²) in [7, 11) is 10.4. The molecule has 0 aliphatic carbocycles. The van der Waals surface area contributed by atoms with E-state index in [2.05, 4.69) is 175 Å². The van der Waals surface area contributed by atoms with Crippen molar-refractivity contribution in [2.45, 2.75) is 96.0 Å².